The molecule has 0 spiro atoms. The number of Topliss-reactive ketones (excluding diaryl/α,β-unsaturated/α-hetero) is 1. The molecule has 7 nitrogen and oxygen atoms in total. The summed E-state index contributed by atoms with van der Waals surface area (Å²) in [7, 11) is 0. The van der Waals surface area contributed by atoms with E-state index in [9.17, 15) is 35.4 Å². The summed E-state index contributed by atoms with van der Waals surface area (Å²) in [6.45, 7) is 0. The van der Waals surface area contributed by atoms with Gasteiger partial charge < -0.3 is 30.6 Å². The standard InChI is InChI=1S/C15H14O7/c16-7-3-11(19)9(12(20)4-7)1-2-10(18)15-13(21)5-8(17)6-14(15)22/h3-6,16-17,19-22H,1-2H2. The molecule has 0 saturated heterocycles. The van der Waals surface area contributed by atoms with E-state index in [1.54, 1.807) is 0 Å². The highest BCUT2D eigenvalue weighted by Crippen LogP contribution is 2.35. The molecule has 0 radical (unpaired) electrons. The topological polar surface area (TPSA) is 138 Å². The fourth-order valence-corrected chi connectivity index (χ4v) is 2.13. The average molecular weight is 306 g/mol. The lowest BCUT2D eigenvalue weighted by atomic mass is 10.00. The summed E-state index contributed by atoms with van der Waals surface area (Å²) in [4.78, 5) is 12.0. The first kappa shape index (κ1) is 15.3. The Balaban J connectivity index is 2.21. The zero-order valence-corrected chi connectivity index (χ0v) is 11.3. The average Bonchev–Trinajstić information content (AvgIpc) is 2.35. The van der Waals surface area contributed by atoms with Crippen LogP contribution in [0, 0.1) is 0 Å². The minimum atomic E-state index is -0.637. The van der Waals surface area contributed by atoms with Gasteiger partial charge in [-0.2, -0.15) is 0 Å². The smallest absolute Gasteiger partial charge is 0.170 e. The van der Waals surface area contributed by atoms with Crippen molar-refractivity contribution in [1.82, 2.24) is 0 Å². The van der Waals surface area contributed by atoms with Crippen molar-refractivity contribution in [3.05, 3.63) is 35.4 Å². The first-order valence-corrected chi connectivity index (χ1v) is 6.31. The number of aromatic hydroxyl groups is 6. The highest BCUT2D eigenvalue weighted by atomic mass is 16.3. The molecule has 0 aromatic heterocycles. The molecule has 0 aliphatic heterocycles. The minimum absolute atomic E-state index is 0.0592. The van der Waals surface area contributed by atoms with Gasteiger partial charge >= 0.3 is 0 Å². The zero-order valence-electron chi connectivity index (χ0n) is 11.3. The number of carbonyl (C=O) groups is 1. The van der Waals surface area contributed by atoms with E-state index in [0.29, 0.717) is 0 Å². The molecule has 116 valence electrons. The van der Waals surface area contributed by atoms with Crippen molar-refractivity contribution in [2.45, 2.75) is 12.8 Å². The number of benzene rings is 2. The normalized spacial score (nSPS) is 10.5. The van der Waals surface area contributed by atoms with Crippen LogP contribution in [0.5, 0.6) is 34.5 Å². The van der Waals surface area contributed by atoms with Crippen LogP contribution < -0.4 is 0 Å². The molecular weight excluding hydrogens is 292 g/mol. The molecule has 0 bridgehead atoms. The van der Waals surface area contributed by atoms with E-state index in [4.69, 9.17) is 0 Å². The number of hydrogen-bond donors (Lipinski definition) is 6. The molecular formula is C15H14O7. The Bertz CT molecular complexity index is 691. The van der Waals surface area contributed by atoms with Gasteiger partial charge in [0, 0.05) is 36.2 Å². The lowest BCUT2D eigenvalue weighted by Crippen LogP contribution is -2.02. The van der Waals surface area contributed by atoms with Gasteiger partial charge in [-0.15, -0.1) is 0 Å². The first-order chi connectivity index (χ1) is 10.3. The largest absolute Gasteiger partial charge is 0.508 e. The van der Waals surface area contributed by atoms with Gasteiger partial charge in [0.15, 0.2) is 5.78 Å². The number of carbonyl (C=O) groups excluding carboxylic acids is 1. The number of hydrogen-bond acceptors (Lipinski definition) is 7. The molecule has 0 aliphatic rings. The summed E-state index contributed by atoms with van der Waals surface area (Å²) in [6.07, 6.45) is -0.297. The molecule has 2 aromatic carbocycles. The molecule has 22 heavy (non-hydrogen) atoms. The summed E-state index contributed by atoms with van der Waals surface area (Å²) in [6, 6.07) is 3.88. The van der Waals surface area contributed by atoms with Gasteiger partial charge in [-0.1, -0.05) is 0 Å². The molecule has 0 atom stereocenters. The Hall–Kier alpha value is -3.09. The molecule has 2 aromatic rings. The van der Waals surface area contributed by atoms with Crippen LogP contribution in [0.4, 0.5) is 0 Å². The fraction of sp³-hybridized carbons (Fsp3) is 0.133. The van der Waals surface area contributed by atoms with Gasteiger partial charge in [-0.3, -0.25) is 4.79 Å². The van der Waals surface area contributed by atoms with Crippen molar-refractivity contribution in [1.29, 1.82) is 0 Å². The molecule has 6 N–H and O–H groups in total. The monoisotopic (exact) mass is 306 g/mol. The predicted molar refractivity (Wildman–Crippen MR) is 75.5 cm³/mol. The van der Waals surface area contributed by atoms with Gasteiger partial charge in [-0.25, -0.2) is 0 Å². The Kier molecular flexibility index (Phi) is 3.98. The molecule has 7 heteroatoms. The van der Waals surface area contributed by atoms with E-state index in [0.717, 1.165) is 24.3 Å². The van der Waals surface area contributed by atoms with E-state index < -0.39 is 17.3 Å². The second-order valence-corrected chi connectivity index (χ2v) is 4.74. The maximum absolute atomic E-state index is 12.0. The number of rotatable bonds is 4. The molecule has 0 unspecified atom stereocenters. The van der Waals surface area contributed by atoms with Gasteiger partial charge in [-0.05, 0) is 6.42 Å². The van der Waals surface area contributed by atoms with Crippen LogP contribution >= 0.6 is 0 Å². The maximum atomic E-state index is 12.0. The van der Waals surface area contributed by atoms with E-state index in [1.165, 1.54) is 0 Å². The van der Waals surface area contributed by atoms with Crippen molar-refractivity contribution in [2.75, 3.05) is 0 Å². The predicted octanol–water partition coefficient (Wildman–Crippen LogP) is 1.74. The summed E-state index contributed by atoms with van der Waals surface area (Å²) < 4.78 is 0. The third-order valence-electron chi connectivity index (χ3n) is 3.15. The fourth-order valence-electron chi connectivity index (χ4n) is 2.13. The molecule has 2 rings (SSSR count). The Morgan fingerprint density at radius 3 is 1.59 bits per heavy atom. The van der Waals surface area contributed by atoms with E-state index in [2.05, 4.69) is 0 Å². The SMILES string of the molecule is O=C(CCc1c(O)cc(O)cc1O)c1c(O)cc(O)cc1O. The van der Waals surface area contributed by atoms with Gasteiger partial charge in [0.1, 0.15) is 40.1 Å². The molecule has 0 saturated carbocycles. The van der Waals surface area contributed by atoms with E-state index >= 15 is 0 Å². The van der Waals surface area contributed by atoms with Gasteiger partial charge in [0.25, 0.3) is 0 Å². The highest BCUT2D eigenvalue weighted by molar-refractivity contribution is 6.01. The molecule has 0 amide bonds. The van der Waals surface area contributed by atoms with Crippen LogP contribution in [0.1, 0.15) is 22.3 Å². The Morgan fingerprint density at radius 1 is 0.727 bits per heavy atom. The first-order valence-electron chi connectivity index (χ1n) is 6.31. The zero-order chi connectivity index (χ0) is 16.4. The second-order valence-electron chi connectivity index (χ2n) is 4.74. The van der Waals surface area contributed by atoms with Crippen LogP contribution in [-0.4, -0.2) is 36.4 Å². The van der Waals surface area contributed by atoms with Crippen molar-refractivity contribution >= 4 is 5.78 Å². The van der Waals surface area contributed by atoms with E-state index in [-0.39, 0.29) is 47.0 Å². The van der Waals surface area contributed by atoms with Crippen LogP contribution in [-0.2, 0) is 6.42 Å². The Labute approximate surface area is 125 Å². The number of phenols is 6. The molecule has 0 aliphatic carbocycles. The number of phenolic OH excluding ortho intramolecular Hbond substituents is 6. The maximum Gasteiger partial charge on any atom is 0.170 e. The van der Waals surface area contributed by atoms with Crippen LogP contribution in [0.25, 0.3) is 0 Å². The van der Waals surface area contributed by atoms with Crippen LogP contribution in [0.3, 0.4) is 0 Å². The van der Waals surface area contributed by atoms with Crippen LogP contribution in [0.2, 0.25) is 0 Å². The summed E-state index contributed by atoms with van der Waals surface area (Å²) in [5, 5.41) is 56.9. The van der Waals surface area contributed by atoms with Crippen molar-refractivity contribution in [2.24, 2.45) is 0 Å². The van der Waals surface area contributed by atoms with Gasteiger partial charge in [0.2, 0.25) is 0 Å². The quantitative estimate of drug-likeness (QED) is 0.473. The highest BCUT2D eigenvalue weighted by Gasteiger charge is 2.19. The van der Waals surface area contributed by atoms with Crippen molar-refractivity contribution < 1.29 is 35.4 Å². The van der Waals surface area contributed by atoms with Crippen molar-refractivity contribution in [3.63, 3.8) is 0 Å². The van der Waals surface area contributed by atoms with Crippen LogP contribution in [0.15, 0.2) is 24.3 Å². The van der Waals surface area contributed by atoms with E-state index in [1.807, 2.05) is 0 Å². The van der Waals surface area contributed by atoms with Gasteiger partial charge in [0.05, 0.1) is 0 Å². The minimum Gasteiger partial charge on any atom is -0.508 e. The summed E-state index contributed by atoms with van der Waals surface area (Å²) in [5.74, 6) is -3.22. The third kappa shape index (κ3) is 2.98. The molecule has 0 fully saturated rings. The summed E-state index contributed by atoms with van der Waals surface area (Å²) in [5.41, 5.74) is -0.292. The lowest BCUT2D eigenvalue weighted by molar-refractivity contribution is 0.0977. The lowest BCUT2D eigenvalue weighted by Gasteiger charge is -2.09. The Morgan fingerprint density at radius 2 is 1.14 bits per heavy atom. The second kappa shape index (κ2) is 5.72. The third-order valence-corrected chi connectivity index (χ3v) is 3.15. The van der Waals surface area contributed by atoms with Crippen molar-refractivity contribution in [3.8, 4) is 34.5 Å². The number of ketones is 1. The summed E-state index contributed by atoms with van der Waals surface area (Å²) >= 11 is 0. The molecule has 0 heterocycles.